The van der Waals surface area contributed by atoms with Crippen LogP contribution in [0.4, 0.5) is 0 Å². The predicted molar refractivity (Wildman–Crippen MR) is 133 cm³/mol. The maximum absolute atomic E-state index is 13.5. The SMILES string of the molecule is COc1ccc(S(=O)(=O)N2CCC(C(=O)N3CCCC3c3ccc(C(C)(C)C)cc3)CC2)cc1. The molecule has 184 valence electrons. The maximum atomic E-state index is 13.5. The first-order chi connectivity index (χ1) is 16.1. The molecule has 2 aromatic rings. The molecular weight excluding hydrogens is 448 g/mol. The van der Waals surface area contributed by atoms with E-state index in [0.717, 1.165) is 19.4 Å². The number of hydrogen-bond donors (Lipinski definition) is 0. The summed E-state index contributed by atoms with van der Waals surface area (Å²) in [6, 6.07) is 15.3. The molecular formula is C27H36N2O4S. The second-order valence-electron chi connectivity index (χ2n) is 10.4. The normalized spacial score (nSPS) is 20.5. The minimum absolute atomic E-state index is 0.101. The number of amides is 1. The summed E-state index contributed by atoms with van der Waals surface area (Å²) in [6.45, 7) is 8.11. The number of likely N-dealkylation sites (tertiary alicyclic amines) is 1. The molecule has 0 aromatic heterocycles. The van der Waals surface area contributed by atoms with Crippen molar-refractivity contribution >= 4 is 15.9 Å². The van der Waals surface area contributed by atoms with Crippen LogP contribution in [0, 0.1) is 5.92 Å². The highest BCUT2D eigenvalue weighted by molar-refractivity contribution is 7.89. The topological polar surface area (TPSA) is 66.9 Å². The van der Waals surface area contributed by atoms with Crippen LogP contribution in [0.25, 0.3) is 0 Å². The summed E-state index contributed by atoms with van der Waals surface area (Å²) in [4.78, 5) is 15.7. The van der Waals surface area contributed by atoms with Crippen molar-refractivity contribution in [3.63, 3.8) is 0 Å². The zero-order valence-electron chi connectivity index (χ0n) is 20.7. The Morgan fingerprint density at radius 1 is 0.912 bits per heavy atom. The average Bonchev–Trinajstić information content (AvgIpc) is 3.33. The van der Waals surface area contributed by atoms with Crippen molar-refractivity contribution in [3.05, 3.63) is 59.7 Å². The number of sulfonamides is 1. The van der Waals surface area contributed by atoms with E-state index in [1.807, 2.05) is 4.90 Å². The van der Waals surface area contributed by atoms with E-state index in [4.69, 9.17) is 4.74 Å². The van der Waals surface area contributed by atoms with Crippen LogP contribution in [0.15, 0.2) is 53.4 Å². The average molecular weight is 485 g/mol. The first-order valence-corrected chi connectivity index (χ1v) is 13.6. The number of hydrogen-bond acceptors (Lipinski definition) is 4. The molecule has 1 unspecified atom stereocenters. The van der Waals surface area contributed by atoms with Gasteiger partial charge in [-0.2, -0.15) is 4.31 Å². The quantitative estimate of drug-likeness (QED) is 0.614. The second kappa shape index (κ2) is 9.70. The minimum atomic E-state index is -3.57. The predicted octanol–water partition coefficient (Wildman–Crippen LogP) is 4.76. The van der Waals surface area contributed by atoms with E-state index in [0.29, 0.717) is 31.7 Å². The Morgan fingerprint density at radius 2 is 1.53 bits per heavy atom. The lowest BCUT2D eigenvalue weighted by atomic mass is 9.86. The van der Waals surface area contributed by atoms with Gasteiger partial charge in [-0.3, -0.25) is 4.79 Å². The van der Waals surface area contributed by atoms with Gasteiger partial charge in [0, 0.05) is 25.6 Å². The van der Waals surface area contributed by atoms with E-state index in [1.54, 1.807) is 31.4 Å². The number of methoxy groups -OCH3 is 1. The zero-order chi connectivity index (χ0) is 24.5. The summed E-state index contributed by atoms with van der Waals surface area (Å²) in [5, 5.41) is 0. The van der Waals surface area contributed by atoms with Crippen molar-refractivity contribution in [2.45, 2.75) is 62.8 Å². The molecule has 0 aliphatic carbocycles. The van der Waals surface area contributed by atoms with Crippen LogP contribution in [-0.4, -0.2) is 50.3 Å². The summed E-state index contributed by atoms with van der Waals surface area (Å²) in [5.41, 5.74) is 2.58. The standard InChI is InChI=1S/C27H36N2O4S/c1-27(2,3)22-9-7-20(8-10-22)25-6-5-17-29(25)26(30)21-15-18-28(19-16-21)34(31,32)24-13-11-23(33-4)12-14-24/h7-14,21,25H,5-6,15-19H2,1-4H3. The van der Waals surface area contributed by atoms with Crippen LogP contribution in [0.5, 0.6) is 5.75 Å². The fourth-order valence-corrected chi connectivity index (χ4v) is 6.53. The van der Waals surface area contributed by atoms with E-state index < -0.39 is 10.0 Å². The van der Waals surface area contributed by atoms with Crippen molar-refractivity contribution in [1.82, 2.24) is 9.21 Å². The fourth-order valence-electron chi connectivity index (χ4n) is 5.06. The van der Waals surface area contributed by atoms with E-state index in [1.165, 1.54) is 15.4 Å². The lowest BCUT2D eigenvalue weighted by Crippen LogP contribution is -2.44. The van der Waals surface area contributed by atoms with Gasteiger partial charge in [0.2, 0.25) is 15.9 Å². The molecule has 2 heterocycles. The van der Waals surface area contributed by atoms with Crippen LogP contribution in [0.1, 0.15) is 63.6 Å². The van der Waals surface area contributed by atoms with Gasteiger partial charge >= 0.3 is 0 Å². The first kappa shape index (κ1) is 24.7. The molecule has 0 bridgehead atoms. The van der Waals surface area contributed by atoms with Crippen LogP contribution >= 0.6 is 0 Å². The van der Waals surface area contributed by atoms with Gasteiger partial charge in [-0.1, -0.05) is 45.0 Å². The molecule has 2 fully saturated rings. The molecule has 6 nitrogen and oxygen atoms in total. The largest absolute Gasteiger partial charge is 0.497 e. The number of piperidine rings is 1. The molecule has 0 N–H and O–H groups in total. The fraction of sp³-hybridized carbons (Fsp3) is 0.519. The Hall–Kier alpha value is -2.38. The second-order valence-corrected chi connectivity index (χ2v) is 12.4. The highest BCUT2D eigenvalue weighted by Crippen LogP contribution is 2.36. The Balaban J connectivity index is 1.40. The number of rotatable bonds is 5. The van der Waals surface area contributed by atoms with Crippen LogP contribution in [0.3, 0.4) is 0 Å². The number of carbonyl (C=O) groups is 1. The van der Waals surface area contributed by atoms with Gasteiger partial charge in [0.25, 0.3) is 0 Å². The van der Waals surface area contributed by atoms with Gasteiger partial charge in [-0.25, -0.2) is 8.42 Å². The van der Waals surface area contributed by atoms with Gasteiger partial charge in [0.15, 0.2) is 0 Å². The van der Waals surface area contributed by atoms with Crippen LogP contribution < -0.4 is 4.74 Å². The van der Waals surface area contributed by atoms with Gasteiger partial charge in [-0.15, -0.1) is 0 Å². The van der Waals surface area contributed by atoms with Crippen LogP contribution in [0.2, 0.25) is 0 Å². The molecule has 1 atom stereocenters. The zero-order valence-corrected chi connectivity index (χ0v) is 21.5. The van der Waals surface area contributed by atoms with Crippen molar-refractivity contribution in [1.29, 1.82) is 0 Å². The summed E-state index contributed by atoms with van der Waals surface area (Å²) in [7, 11) is -2.02. The van der Waals surface area contributed by atoms with Crippen molar-refractivity contribution in [2.75, 3.05) is 26.7 Å². The monoisotopic (exact) mass is 484 g/mol. The summed E-state index contributed by atoms with van der Waals surface area (Å²) in [6.07, 6.45) is 3.09. The maximum Gasteiger partial charge on any atom is 0.243 e. The van der Waals surface area contributed by atoms with Crippen molar-refractivity contribution < 1.29 is 17.9 Å². The smallest absolute Gasteiger partial charge is 0.243 e. The Kier molecular flexibility index (Phi) is 7.06. The lowest BCUT2D eigenvalue weighted by molar-refractivity contribution is -0.137. The molecule has 2 aromatic carbocycles. The van der Waals surface area contributed by atoms with E-state index >= 15 is 0 Å². The number of benzene rings is 2. The summed E-state index contributed by atoms with van der Waals surface area (Å²) in [5.74, 6) is 0.664. The third-order valence-electron chi connectivity index (χ3n) is 7.20. The molecule has 0 saturated carbocycles. The third-order valence-corrected chi connectivity index (χ3v) is 9.11. The lowest BCUT2D eigenvalue weighted by Gasteiger charge is -2.34. The molecule has 34 heavy (non-hydrogen) atoms. The van der Waals surface area contributed by atoms with Crippen LogP contribution in [-0.2, 0) is 20.2 Å². The van der Waals surface area contributed by atoms with Gasteiger partial charge in [0.05, 0.1) is 18.0 Å². The Labute approximate surface area is 204 Å². The van der Waals surface area contributed by atoms with Gasteiger partial charge in [-0.05, 0) is 66.5 Å². The third kappa shape index (κ3) is 5.01. The number of carbonyl (C=O) groups excluding carboxylic acids is 1. The number of nitrogens with zero attached hydrogens (tertiary/aromatic N) is 2. The van der Waals surface area contributed by atoms with E-state index in [-0.39, 0.29) is 28.2 Å². The van der Waals surface area contributed by atoms with Gasteiger partial charge < -0.3 is 9.64 Å². The Bertz CT molecular complexity index is 1100. The Morgan fingerprint density at radius 3 is 2.09 bits per heavy atom. The molecule has 2 aliphatic rings. The molecule has 2 aliphatic heterocycles. The van der Waals surface area contributed by atoms with Crippen molar-refractivity contribution in [3.8, 4) is 5.75 Å². The van der Waals surface area contributed by atoms with E-state index in [9.17, 15) is 13.2 Å². The molecule has 4 rings (SSSR count). The first-order valence-electron chi connectivity index (χ1n) is 12.2. The number of ether oxygens (including phenoxy) is 1. The highest BCUT2D eigenvalue weighted by Gasteiger charge is 2.37. The molecule has 0 radical (unpaired) electrons. The molecule has 7 heteroatoms. The van der Waals surface area contributed by atoms with Crippen molar-refractivity contribution in [2.24, 2.45) is 5.92 Å². The highest BCUT2D eigenvalue weighted by atomic mass is 32.2. The molecule has 0 spiro atoms. The summed E-state index contributed by atoms with van der Waals surface area (Å²) < 4.78 is 32.7. The van der Waals surface area contributed by atoms with Gasteiger partial charge in [0.1, 0.15) is 5.75 Å². The molecule has 2 saturated heterocycles. The minimum Gasteiger partial charge on any atom is -0.497 e. The summed E-state index contributed by atoms with van der Waals surface area (Å²) >= 11 is 0. The van der Waals surface area contributed by atoms with E-state index in [2.05, 4.69) is 45.0 Å². The molecule has 1 amide bonds.